The molecule has 0 bridgehead atoms. The predicted molar refractivity (Wildman–Crippen MR) is 104 cm³/mol. The zero-order chi connectivity index (χ0) is 19.1. The van der Waals surface area contributed by atoms with Gasteiger partial charge < -0.3 is 10.0 Å². The van der Waals surface area contributed by atoms with Crippen LogP contribution in [0.3, 0.4) is 0 Å². The van der Waals surface area contributed by atoms with Crippen LogP contribution < -0.4 is 4.90 Å². The van der Waals surface area contributed by atoms with Crippen LogP contribution in [0.5, 0.6) is 5.88 Å². The Kier molecular flexibility index (Phi) is 4.90. The number of aryl methyl sites for hydroxylation is 1. The number of aromatic hydroxyl groups is 1. The van der Waals surface area contributed by atoms with Crippen molar-refractivity contribution in [1.82, 2.24) is 14.6 Å². The van der Waals surface area contributed by atoms with Gasteiger partial charge in [-0.2, -0.15) is 4.52 Å². The maximum atomic E-state index is 14.8. The Morgan fingerprint density at radius 2 is 2.00 bits per heavy atom. The third-order valence-corrected chi connectivity index (χ3v) is 6.56. The molecule has 0 aliphatic carbocycles. The van der Waals surface area contributed by atoms with Crippen molar-refractivity contribution in [3.05, 3.63) is 46.3 Å². The van der Waals surface area contributed by atoms with Crippen LogP contribution in [0, 0.1) is 17.7 Å². The summed E-state index contributed by atoms with van der Waals surface area (Å²) in [7, 11) is 0. The second kappa shape index (κ2) is 7.20. The highest BCUT2D eigenvalue weighted by molar-refractivity contribution is 7.17. The molecule has 1 aliphatic heterocycles. The number of piperidine rings is 1. The van der Waals surface area contributed by atoms with Crippen molar-refractivity contribution in [2.75, 3.05) is 13.1 Å². The van der Waals surface area contributed by atoms with Crippen molar-refractivity contribution in [3.63, 3.8) is 0 Å². The van der Waals surface area contributed by atoms with E-state index < -0.39 is 0 Å². The summed E-state index contributed by atoms with van der Waals surface area (Å²) in [6, 6.07) is 6.66. The van der Waals surface area contributed by atoms with Gasteiger partial charge in [0, 0.05) is 18.3 Å². The highest BCUT2D eigenvalue weighted by Gasteiger charge is 2.38. The van der Waals surface area contributed by atoms with Crippen molar-refractivity contribution in [2.45, 2.75) is 39.7 Å². The number of hydrogen-bond donors (Lipinski definition) is 2. The molecule has 3 heterocycles. The average Bonchev–Trinajstić information content (AvgIpc) is 3.16. The number of nitrogens with zero attached hydrogens (tertiary/aromatic N) is 3. The first-order chi connectivity index (χ1) is 13.0. The van der Waals surface area contributed by atoms with Gasteiger partial charge in [0.2, 0.25) is 10.8 Å². The Bertz CT molecular complexity index is 943. The Hall–Kier alpha value is -1.99. The number of nitrogens with one attached hydrogen (secondary N) is 1. The normalized spacial score (nSPS) is 24.4. The quantitative estimate of drug-likeness (QED) is 0.721. The molecule has 0 unspecified atom stereocenters. The fourth-order valence-corrected chi connectivity index (χ4v) is 5.60. The third kappa shape index (κ3) is 3.34. The van der Waals surface area contributed by atoms with Crippen LogP contribution in [0.15, 0.2) is 24.3 Å². The molecule has 1 saturated heterocycles. The summed E-state index contributed by atoms with van der Waals surface area (Å²) in [5.74, 6) is 1.70. The van der Waals surface area contributed by atoms with Crippen LogP contribution in [-0.4, -0.2) is 32.8 Å². The Morgan fingerprint density at radius 3 is 2.63 bits per heavy atom. The van der Waals surface area contributed by atoms with Crippen LogP contribution in [0.1, 0.15) is 49.5 Å². The fraction of sp³-hybridized carbons (Fsp3) is 0.500. The summed E-state index contributed by atoms with van der Waals surface area (Å²) in [4.78, 5) is 7.20. The standard InChI is InChI=1S/C20H25FN4OS/c1-4-16-22-20-25(23-16)19(26)18(27-20)17(14-7-5-6-8-15(14)21)24-10-12(2)9-13(3)11-24/h5-8,12-13,17,26H,4,9-11H2,1-3H3/p+1/t12-,13-,17+/m0/s1. The minimum atomic E-state index is -0.255. The number of halogens is 1. The number of rotatable bonds is 4. The van der Waals surface area contributed by atoms with Gasteiger partial charge in [0.05, 0.1) is 18.7 Å². The van der Waals surface area contributed by atoms with Crippen molar-refractivity contribution in [3.8, 4) is 5.88 Å². The topological polar surface area (TPSA) is 54.9 Å². The first kappa shape index (κ1) is 18.4. The molecule has 4 rings (SSSR count). The number of thiazole rings is 1. The van der Waals surface area contributed by atoms with Crippen LogP contribution in [0.4, 0.5) is 4.39 Å². The molecule has 0 amide bonds. The molecule has 7 heteroatoms. The lowest BCUT2D eigenvalue weighted by atomic mass is 9.89. The molecule has 2 N–H and O–H groups in total. The minimum Gasteiger partial charge on any atom is -0.492 e. The SMILES string of the molecule is CCc1nc2sc([C@@H](c3ccccc3F)[NH+]3C[C@@H](C)C[C@H](C)C3)c(O)n2n1. The molecular weight excluding hydrogens is 363 g/mol. The number of quaternary nitrogens is 1. The van der Waals surface area contributed by atoms with Crippen molar-refractivity contribution >= 4 is 16.3 Å². The van der Waals surface area contributed by atoms with Gasteiger partial charge in [-0.1, -0.05) is 44.2 Å². The summed E-state index contributed by atoms with van der Waals surface area (Å²) >= 11 is 1.42. The van der Waals surface area contributed by atoms with E-state index in [2.05, 4.69) is 23.9 Å². The van der Waals surface area contributed by atoms with E-state index in [1.807, 2.05) is 19.1 Å². The highest BCUT2D eigenvalue weighted by Crippen LogP contribution is 2.36. The van der Waals surface area contributed by atoms with Crippen LogP contribution in [0.2, 0.25) is 0 Å². The molecular formula is C20H26FN4OS+. The summed E-state index contributed by atoms with van der Waals surface area (Å²) < 4.78 is 16.3. The zero-order valence-corrected chi connectivity index (χ0v) is 16.8. The number of benzene rings is 1. The number of fused-ring (bicyclic) bond motifs is 1. The van der Waals surface area contributed by atoms with Crippen molar-refractivity contribution in [1.29, 1.82) is 0 Å². The van der Waals surface area contributed by atoms with Gasteiger partial charge in [0.15, 0.2) is 11.9 Å². The molecule has 144 valence electrons. The fourth-order valence-electron chi connectivity index (χ4n) is 4.45. The van der Waals surface area contributed by atoms with E-state index in [1.54, 1.807) is 6.07 Å². The van der Waals surface area contributed by atoms with Crippen LogP contribution in [0.25, 0.3) is 4.96 Å². The van der Waals surface area contributed by atoms with Gasteiger partial charge in [-0.15, -0.1) is 5.10 Å². The van der Waals surface area contributed by atoms with Crippen molar-refractivity contribution in [2.24, 2.45) is 11.8 Å². The second-order valence-corrected chi connectivity index (χ2v) is 8.84. The van der Waals surface area contributed by atoms with E-state index in [0.717, 1.165) is 18.0 Å². The molecule has 1 fully saturated rings. The lowest BCUT2D eigenvalue weighted by Crippen LogP contribution is -3.14. The molecule has 0 spiro atoms. The molecule has 1 aromatic carbocycles. The van der Waals surface area contributed by atoms with Gasteiger partial charge in [-0.05, 0) is 18.6 Å². The zero-order valence-electron chi connectivity index (χ0n) is 15.9. The summed E-state index contributed by atoms with van der Waals surface area (Å²) in [6.07, 6.45) is 1.90. The number of likely N-dealkylation sites (tertiary alicyclic amines) is 1. The van der Waals surface area contributed by atoms with E-state index in [1.165, 1.54) is 33.2 Å². The first-order valence-corrected chi connectivity index (χ1v) is 10.5. The molecule has 0 saturated carbocycles. The third-order valence-electron chi connectivity index (χ3n) is 5.47. The number of aromatic nitrogens is 3. The lowest BCUT2D eigenvalue weighted by molar-refractivity contribution is -0.937. The van der Waals surface area contributed by atoms with Gasteiger partial charge in [0.1, 0.15) is 10.7 Å². The summed E-state index contributed by atoms with van der Waals surface area (Å²) in [6.45, 7) is 8.40. The first-order valence-electron chi connectivity index (χ1n) is 9.64. The molecule has 2 aromatic heterocycles. The smallest absolute Gasteiger partial charge is 0.235 e. The van der Waals surface area contributed by atoms with E-state index in [9.17, 15) is 9.50 Å². The molecule has 3 atom stereocenters. The van der Waals surface area contributed by atoms with Gasteiger partial charge in [-0.3, -0.25) is 0 Å². The predicted octanol–water partition coefficient (Wildman–Crippen LogP) is 2.85. The Labute approximate surface area is 162 Å². The van der Waals surface area contributed by atoms with Gasteiger partial charge in [0.25, 0.3) is 0 Å². The lowest BCUT2D eigenvalue weighted by Gasteiger charge is -2.37. The molecule has 27 heavy (non-hydrogen) atoms. The van der Waals surface area contributed by atoms with Crippen LogP contribution >= 0.6 is 11.3 Å². The maximum absolute atomic E-state index is 14.8. The van der Waals surface area contributed by atoms with Crippen molar-refractivity contribution < 1.29 is 14.4 Å². The molecule has 1 aliphatic rings. The summed E-state index contributed by atoms with van der Waals surface area (Å²) in [5, 5.41) is 15.3. The average molecular weight is 390 g/mol. The monoisotopic (exact) mass is 389 g/mol. The summed E-state index contributed by atoms with van der Waals surface area (Å²) in [5.41, 5.74) is 0.629. The Morgan fingerprint density at radius 1 is 1.30 bits per heavy atom. The highest BCUT2D eigenvalue weighted by atomic mass is 32.1. The molecule has 3 aromatic rings. The van der Waals surface area contributed by atoms with E-state index in [-0.39, 0.29) is 17.7 Å². The second-order valence-electron chi connectivity index (χ2n) is 7.83. The largest absolute Gasteiger partial charge is 0.492 e. The van der Waals surface area contributed by atoms with Gasteiger partial charge >= 0.3 is 0 Å². The molecule has 5 nitrogen and oxygen atoms in total. The van der Waals surface area contributed by atoms with E-state index in [4.69, 9.17) is 0 Å². The van der Waals surface area contributed by atoms with Gasteiger partial charge in [-0.25, -0.2) is 9.37 Å². The number of hydrogen-bond acceptors (Lipinski definition) is 4. The van der Waals surface area contributed by atoms with E-state index >= 15 is 0 Å². The molecule has 0 radical (unpaired) electrons. The Balaban J connectivity index is 1.84. The maximum Gasteiger partial charge on any atom is 0.235 e. The minimum absolute atomic E-state index is 0.0915. The van der Waals surface area contributed by atoms with Crippen LogP contribution in [-0.2, 0) is 6.42 Å². The van der Waals surface area contributed by atoms with E-state index in [0.29, 0.717) is 34.6 Å².